The van der Waals surface area contributed by atoms with Crippen molar-refractivity contribution in [3.8, 4) is 0 Å². The van der Waals surface area contributed by atoms with E-state index in [4.69, 9.17) is 14.2 Å². The van der Waals surface area contributed by atoms with Crippen LogP contribution >= 0.6 is 0 Å². The van der Waals surface area contributed by atoms with Crippen LogP contribution in [0.15, 0.2) is 85.1 Å². The Hall–Kier alpha value is -3.41. The number of esters is 3. The minimum atomic E-state index is -0.834. The fourth-order valence-corrected chi connectivity index (χ4v) is 8.92. The standard InChI is InChI=1S/C68H118O6/c1-4-7-10-13-16-19-22-25-28-29-30-31-32-33-34-35-36-37-38-39-41-43-46-49-52-55-58-61-67(70)73-64-65(63-72-66(69)60-57-54-51-48-45-42-27-24-21-18-15-12-9-6-3)74-68(71)62-59-56-53-50-47-44-40-26-23-20-17-14-11-8-5-2/h8,11,17,20,24,26-27,29-30,40,47,50,56,59,65H,4-7,9-10,12-16,18-19,21-23,25,28,31-39,41-46,48-49,51-55,57-58,60-64H2,1-3H3/b11-8-,20-17-,27-24-,30-29-,40-26-,50-47-,59-56-. The van der Waals surface area contributed by atoms with E-state index < -0.39 is 12.1 Å². The lowest BCUT2D eigenvalue weighted by Crippen LogP contribution is -2.30. The molecule has 0 amide bonds. The fraction of sp³-hybridized carbons (Fsp3) is 0.750. The highest BCUT2D eigenvalue weighted by atomic mass is 16.6. The maximum atomic E-state index is 12.8. The van der Waals surface area contributed by atoms with E-state index in [0.717, 1.165) is 83.5 Å². The molecule has 0 N–H and O–H groups in total. The lowest BCUT2D eigenvalue weighted by molar-refractivity contribution is -0.166. The summed E-state index contributed by atoms with van der Waals surface area (Å²) in [4.78, 5) is 38.1. The van der Waals surface area contributed by atoms with Crippen LogP contribution in [0.4, 0.5) is 0 Å². The Bertz CT molecular complexity index is 1420. The van der Waals surface area contributed by atoms with Crippen molar-refractivity contribution in [1.82, 2.24) is 0 Å². The average molecular weight is 1030 g/mol. The van der Waals surface area contributed by atoms with Gasteiger partial charge in [0, 0.05) is 12.8 Å². The molecule has 0 bridgehead atoms. The highest BCUT2D eigenvalue weighted by molar-refractivity contribution is 5.72. The van der Waals surface area contributed by atoms with Crippen LogP contribution in [-0.4, -0.2) is 37.2 Å². The first-order valence-electron chi connectivity index (χ1n) is 31.6. The van der Waals surface area contributed by atoms with Gasteiger partial charge >= 0.3 is 17.9 Å². The van der Waals surface area contributed by atoms with Crippen LogP contribution in [0.1, 0.15) is 310 Å². The molecule has 74 heavy (non-hydrogen) atoms. The third-order valence-electron chi connectivity index (χ3n) is 13.6. The van der Waals surface area contributed by atoms with Crippen molar-refractivity contribution in [3.05, 3.63) is 85.1 Å². The molecule has 6 heteroatoms. The van der Waals surface area contributed by atoms with Crippen LogP contribution in [0.3, 0.4) is 0 Å². The van der Waals surface area contributed by atoms with Gasteiger partial charge in [0.2, 0.25) is 0 Å². The third-order valence-corrected chi connectivity index (χ3v) is 13.6. The second kappa shape index (κ2) is 62.1. The molecule has 0 aromatic heterocycles. The minimum absolute atomic E-state index is 0.0960. The SMILES string of the molecule is CC/C=C\C/C=C\C/C=C\C/C=C\C/C=C\CC(=O)OC(COC(=O)CCCCCCC/C=C\CCCCCCC)COC(=O)CCCCCCCCCCCCCCCCC/C=C\CCCCCCCCCC. The molecule has 0 saturated heterocycles. The highest BCUT2D eigenvalue weighted by Gasteiger charge is 2.19. The fourth-order valence-electron chi connectivity index (χ4n) is 8.92. The molecule has 1 atom stereocenters. The van der Waals surface area contributed by atoms with Gasteiger partial charge in [-0.2, -0.15) is 0 Å². The molecule has 426 valence electrons. The Labute approximate surface area is 458 Å². The Kier molecular flexibility index (Phi) is 59.3. The van der Waals surface area contributed by atoms with E-state index in [1.165, 1.54) is 186 Å². The van der Waals surface area contributed by atoms with Gasteiger partial charge < -0.3 is 14.2 Å². The molecule has 0 aliphatic carbocycles. The zero-order valence-corrected chi connectivity index (χ0v) is 48.8. The summed E-state index contributed by atoms with van der Waals surface area (Å²) in [5.41, 5.74) is 0. The molecular weight excluding hydrogens is 913 g/mol. The van der Waals surface area contributed by atoms with Crippen LogP contribution < -0.4 is 0 Å². The Balaban J connectivity index is 4.31. The number of hydrogen-bond acceptors (Lipinski definition) is 6. The second-order valence-corrected chi connectivity index (χ2v) is 20.9. The van der Waals surface area contributed by atoms with Crippen molar-refractivity contribution in [1.29, 1.82) is 0 Å². The molecule has 0 rings (SSSR count). The van der Waals surface area contributed by atoms with Crippen molar-refractivity contribution < 1.29 is 28.6 Å². The zero-order valence-electron chi connectivity index (χ0n) is 48.8. The summed E-state index contributed by atoms with van der Waals surface area (Å²) < 4.78 is 16.8. The van der Waals surface area contributed by atoms with Crippen molar-refractivity contribution in [2.24, 2.45) is 0 Å². The van der Waals surface area contributed by atoms with Crippen molar-refractivity contribution >= 4 is 17.9 Å². The van der Waals surface area contributed by atoms with Gasteiger partial charge in [0.1, 0.15) is 13.2 Å². The predicted octanol–water partition coefficient (Wildman–Crippen LogP) is 21.5. The highest BCUT2D eigenvalue weighted by Crippen LogP contribution is 2.16. The third kappa shape index (κ3) is 59.5. The first-order valence-corrected chi connectivity index (χ1v) is 31.6. The summed E-state index contributed by atoms with van der Waals surface area (Å²) in [6, 6.07) is 0. The lowest BCUT2D eigenvalue weighted by atomic mass is 10.0. The molecule has 6 nitrogen and oxygen atoms in total. The maximum Gasteiger partial charge on any atom is 0.310 e. The van der Waals surface area contributed by atoms with Crippen molar-refractivity contribution in [2.45, 2.75) is 316 Å². The summed E-state index contributed by atoms with van der Waals surface area (Å²) in [5, 5.41) is 0. The molecule has 0 aliphatic heterocycles. The Morgan fingerprint density at radius 1 is 0.297 bits per heavy atom. The molecule has 0 fully saturated rings. The molecule has 0 radical (unpaired) electrons. The lowest BCUT2D eigenvalue weighted by Gasteiger charge is -2.18. The number of carbonyl (C=O) groups excluding carboxylic acids is 3. The van der Waals surface area contributed by atoms with Gasteiger partial charge in [0.05, 0.1) is 6.42 Å². The number of allylic oxidation sites excluding steroid dienone is 13. The summed E-state index contributed by atoms with van der Waals surface area (Å²) in [5.74, 6) is -1.05. The van der Waals surface area contributed by atoms with E-state index in [1.54, 1.807) is 6.08 Å². The van der Waals surface area contributed by atoms with E-state index in [-0.39, 0.29) is 31.6 Å². The molecular formula is C68H118O6. The van der Waals surface area contributed by atoms with Gasteiger partial charge in [-0.3, -0.25) is 14.4 Å². The van der Waals surface area contributed by atoms with Crippen LogP contribution in [0.2, 0.25) is 0 Å². The Morgan fingerprint density at radius 2 is 0.568 bits per heavy atom. The summed E-state index contributed by atoms with van der Waals surface area (Å²) in [6.07, 6.45) is 82.0. The van der Waals surface area contributed by atoms with Gasteiger partial charge in [-0.05, 0) is 96.3 Å². The number of carbonyl (C=O) groups is 3. The monoisotopic (exact) mass is 1030 g/mol. The first-order chi connectivity index (χ1) is 36.5. The van der Waals surface area contributed by atoms with E-state index >= 15 is 0 Å². The Morgan fingerprint density at radius 3 is 0.878 bits per heavy atom. The smallest absolute Gasteiger partial charge is 0.310 e. The van der Waals surface area contributed by atoms with Gasteiger partial charge in [0.15, 0.2) is 6.10 Å². The van der Waals surface area contributed by atoms with Crippen LogP contribution in [0, 0.1) is 0 Å². The van der Waals surface area contributed by atoms with Crippen molar-refractivity contribution in [3.63, 3.8) is 0 Å². The van der Waals surface area contributed by atoms with Crippen LogP contribution in [0.5, 0.6) is 0 Å². The summed E-state index contributed by atoms with van der Waals surface area (Å²) in [6.45, 7) is 6.45. The molecule has 1 unspecified atom stereocenters. The number of rotatable bonds is 57. The largest absolute Gasteiger partial charge is 0.462 e. The van der Waals surface area contributed by atoms with Gasteiger partial charge in [0.25, 0.3) is 0 Å². The second-order valence-electron chi connectivity index (χ2n) is 20.9. The minimum Gasteiger partial charge on any atom is -0.462 e. The number of ether oxygens (including phenoxy) is 3. The van der Waals surface area contributed by atoms with Crippen molar-refractivity contribution in [2.75, 3.05) is 13.2 Å². The van der Waals surface area contributed by atoms with Gasteiger partial charge in [-0.15, -0.1) is 0 Å². The first kappa shape index (κ1) is 70.6. The summed E-state index contributed by atoms with van der Waals surface area (Å²) >= 11 is 0. The van der Waals surface area contributed by atoms with Crippen LogP contribution in [-0.2, 0) is 28.6 Å². The number of hydrogen-bond donors (Lipinski definition) is 0. The molecule has 0 aromatic carbocycles. The molecule has 0 saturated carbocycles. The van der Waals surface area contributed by atoms with E-state index in [9.17, 15) is 14.4 Å². The maximum absolute atomic E-state index is 12.8. The summed E-state index contributed by atoms with van der Waals surface area (Å²) in [7, 11) is 0. The van der Waals surface area contributed by atoms with Gasteiger partial charge in [-0.25, -0.2) is 0 Å². The molecule has 0 aliphatic rings. The number of unbranched alkanes of at least 4 members (excludes halogenated alkanes) is 33. The van der Waals surface area contributed by atoms with Gasteiger partial charge in [-0.1, -0.05) is 279 Å². The molecule has 0 heterocycles. The molecule has 0 spiro atoms. The molecule has 0 aromatic rings. The van der Waals surface area contributed by atoms with E-state index in [2.05, 4.69) is 93.7 Å². The predicted molar refractivity (Wildman–Crippen MR) is 321 cm³/mol. The van der Waals surface area contributed by atoms with E-state index in [0.29, 0.717) is 12.8 Å². The quantitative estimate of drug-likeness (QED) is 0.0261. The zero-order chi connectivity index (χ0) is 53.6. The normalized spacial score (nSPS) is 12.6. The average Bonchev–Trinajstić information content (AvgIpc) is 3.40. The van der Waals surface area contributed by atoms with E-state index in [1.807, 2.05) is 6.08 Å². The van der Waals surface area contributed by atoms with Crippen LogP contribution in [0.25, 0.3) is 0 Å². The topological polar surface area (TPSA) is 78.9 Å².